The molecule has 1 heterocycles. The maximum absolute atomic E-state index is 9.70. The molecule has 23 heavy (non-hydrogen) atoms. The molecule has 0 aromatic heterocycles. The molecule has 2 N–H and O–H groups in total. The van der Waals surface area contributed by atoms with Gasteiger partial charge in [-0.05, 0) is 29.3 Å². The van der Waals surface area contributed by atoms with Gasteiger partial charge in [-0.1, -0.05) is 36.4 Å². The number of nitriles is 1. The summed E-state index contributed by atoms with van der Waals surface area (Å²) in [7, 11) is 1.49. The van der Waals surface area contributed by atoms with Crippen LogP contribution in [0.5, 0.6) is 11.5 Å². The third-order valence-corrected chi connectivity index (χ3v) is 3.79. The molecule has 0 radical (unpaired) electrons. The Morgan fingerprint density at radius 2 is 2.04 bits per heavy atom. The van der Waals surface area contributed by atoms with Gasteiger partial charge in [0, 0.05) is 6.54 Å². The first-order valence-electron chi connectivity index (χ1n) is 7.28. The molecular formula is C18H17N3O2. The van der Waals surface area contributed by atoms with E-state index in [0.717, 1.165) is 16.8 Å². The molecule has 1 aliphatic rings. The topological polar surface area (TPSA) is 68.5 Å². The zero-order valence-electron chi connectivity index (χ0n) is 12.7. The van der Waals surface area contributed by atoms with Crippen LogP contribution in [0.25, 0.3) is 5.70 Å². The Kier molecular flexibility index (Phi) is 4.18. The number of phenolic OH excluding ortho intramolecular Hbond substituents is 1. The summed E-state index contributed by atoms with van der Waals surface area (Å²) in [5, 5.41) is 21.1. The lowest BCUT2D eigenvalue weighted by Crippen LogP contribution is -2.35. The van der Waals surface area contributed by atoms with E-state index in [2.05, 4.69) is 17.6 Å². The van der Waals surface area contributed by atoms with Gasteiger partial charge in [0.1, 0.15) is 6.04 Å². The van der Waals surface area contributed by atoms with E-state index < -0.39 is 6.04 Å². The van der Waals surface area contributed by atoms with Gasteiger partial charge in [0.05, 0.1) is 18.9 Å². The number of hydrogen-bond donors (Lipinski definition) is 2. The Morgan fingerprint density at radius 3 is 2.74 bits per heavy atom. The predicted molar refractivity (Wildman–Crippen MR) is 87.3 cm³/mol. The first-order chi connectivity index (χ1) is 11.2. The summed E-state index contributed by atoms with van der Waals surface area (Å²) < 4.78 is 5.12. The Bertz CT molecular complexity index is 766. The largest absolute Gasteiger partial charge is 0.504 e. The van der Waals surface area contributed by atoms with Crippen LogP contribution in [0.4, 0.5) is 0 Å². The summed E-state index contributed by atoms with van der Waals surface area (Å²) in [6.45, 7) is 0.617. The molecule has 2 aromatic carbocycles. The number of phenols is 1. The fourth-order valence-electron chi connectivity index (χ4n) is 2.59. The van der Waals surface area contributed by atoms with E-state index in [1.54, 1.807) is 18.2 Å². The highest BCUT2D eigenvalue weighted by Gasteiger charge is 2.25. The van der Waals surface area contributed by atoms with Crippen LogP contribution >= 0.6 is 0 Å². The summed E-state index contributed by atoms with van der Waals surface area (Å²) in [5.74, 6) is 0.420. The predicted octanol–water partition coefficient (Wildman–Crippen LogP) is 2.83. The third-order valence-electron chi connectivity index (χ3n) is 3.79. The standard InChI is InChI=1S/C18H17N3O2/c1-23-18-11-14(7-8-17(18)22)16(12-19)21-10-9-15(20-21)13-5-3-2-4-6-13/h2-9,11,16,20,22H,10H2,1H3. The van der Waals surface area contributed by atoms with E-state index >= 15 is 0 Å². The molecule has 5 heteroatoms. The second-order valence-electron chi connectivity index (χ2n) is 5.21. The van der Waals surface area contributed by atoms with Crippen LogP contribution in [0, 0.1) is 11.3 Å². The van der Waals surface area contributed by atoms with Crippen molar-refractivity contribution in [2.75, 3.05) is 13.7 Å². The molecule has 5 nitrogen and oxygen atoms in total. The highest BCUT2D eigenvalue weighted by molar-refractivity contribution is 5.65. The van der Waals surface area contributed by atoms with Crippen molar-refractivity contribution >= 4 is 5.70 Å². The van der Waals surface area contributed by atoms with Crippen molar-refractivity contribution in [3.8, 4) is 17.6 Å². The van der Waals surface area contributed by atoms with Crippen molar-refractivity contribution in [2.24, 2.45) is 0 Å². The molecule has 1 atom stereocenters. The summed E-state index contributed by atoms with van der Waals surface area (Å²) in [5.41, 5.74) is 6.10. The van der Waals surface area contributed by atoms with Gasteiger partial charge in [-0.15, -0.1) is 0 Å². The van der Waals surface area contributed by atoms with Crippen LogP contribution in [0.3, 0.4) is 0 Å². The molecule has 0 bridgehead atoms. The number of hydrazine groups is 1. The Labute approximate surface area is 135 Å². The maximum Gasteiger partial charge on any atom is 0.160 e. The van der Waals surface area contributed by atoms with E-state index in [9.17, 15) is 10.4 Å². The lowest BCUT2D eigenvalue weighted by atomic mass is 10.1. The average Bonchev–Trinajstić information content (AvgIpc) is 3.07. The van der Waals surface area contributed by atoms with Crippen molar-refractivity contribution in [3.05, 3.63) is 65.7 Å². The number of nitrogens with zero attached hydrogens (tertiary/aromatic N) is 2. The molecule has 116 valence electrons. The smallest absolute Gasteiger partial charge is 0.160 e. The third kappa shape index (κ3) is 2.98. The van der Waals surface area contributed by atoms with Crippen LogP contribution in [-0.4, -0.2) is 23.8 Å². The number of ether oxygens (including phenoxy) is 1. The van der Waals surface area contributed by atoms with Gasteiger partial charge in [-0.25, -0.2) is 0 Å². The molecular weight excluding hydrogens is 290 g/mol. The number of hydrogen-bond acceptors (Lipinski definition) is 5. The fraction of sp³-hybridized carbons (Fsp3) is 0.167. The Morgan fingerprint density at radius 1 is 1.26 bits per heavy atom. The van der Waals surface area contributed by atoms with Crippen molar-refractivity contribution in [1.82, 2.24) is 10.4 Å². The summed E-state index contributed by atoms with van der Waals surface area (Å²) >= 11 is 0. The molecule has 3 rings (SSSR count). The SMILES string of the molecule is COc1cc(C(C#N)N2CC=C(c3ccccc3)N2)ccc1O. The van der Waals surface area contributed by atoms with Gasteiger partial charge < -0.3 is 15.3 Å². The minimum atomic E-state index is -0.484. The molecule has 1 aliphatic heterocycles. The van der Waals surface area contributed by atoms with Gasteiger partial charge in [0.15, 0.2) is 11.5 Å². The van der Waals surface area contributed by atoms with Crippen LogP contribution in [0.2, 0.25) is 0 Å². The number of benzene rings is 2. The quantitative estimate of drug-likeness (QED) is 0.909. The summed E-state index contributed by atoms with van der Waals surface area (Å²) in [6, 6.07) is 16.7. The molecule has 0 aliphatic carbocycles. The normalized spacial score (nSPS) is 15.4. The summed E-state index contributed by atoms with van der Waals surface area (Å²) in [6.07, 6.45) is 2.05. The molecule has 1 unspecified atom stereocenters. The summed E-state index contributed by atoms with van der Waals surface area (Å²) in [4.78, 5) is 0. The van der Waals surface area contributed by atoms with Crippen molar-refractivity contribution in [3.63, 3.8) is 0 Å². The van der Waals surface area contributed by atoms with E-state index in [1.165, 1.54) is 7.11 Å². The van der Waals surface area contributed by atoms with Gasteiger partial charge in [0.25, 0.3) is 0 Å². The lowest BCUT2D eigenvalue weighted by molar-refractivity contribution is 0.230. The van der Waals surface area contributed by atoms with Crippen LogP contribution in [0.1, 0.15) is 17.2 Å². The minimum absolute atomic E-state index is 0.0606. The van der Waals surface area contributed by atoms with Gasteiger partial charge >= 0.3 is 0 Å². The zero-order chi connectivity index (χ0) is 16.2. The Balaban J connectivity index is 1.80. The van der Waals surface area contributed by atoms with Crippen molar-refractivity contribution in [2.45, 2.75) is 6.04 Å². The van der Waals surface area contributed by atoms with Gasteiger partial charge in [0.2, 0.25) is 0 Å². The van der Waals surface area contributed by atoms with Crippen LogP contribution in [0.15, 0.2) is 54.6 Å². The molecule has 0 saturated carbocycles. The molecule has 0 saturated heterocycles. The molecule has 0 fully saturated rings. The van der Waals surface area contributed by atoms with E-state index in [-0.39, 0.29) is 5.75 Å². The fourth-order valence-corrected chi connectivity index (χ4v) is 2.59. The van der Waals surface area contributed by atoms with Crippen molar-refractivity contribution in [1.29, 1.82) is 5.26 Å². The maximum atomic E-state index is 9.70. The van der Waals surface area contributed by atoms with Gasteiger partial charge in [-0.2, -0.15) is 10.3 Å². The van der Waals surface area contributed by atoms with E-state index in [4.69, 9.17) is 4.74 Å². The van der Waals surface area contributed by atoms with Crippen LogP contribution in [-0.2, 0) is 0 Å². The first-order valence-corrected chi connectivity index (χ1v) is 7.28. The monoisotopic (exact) mass is 307 g/mol. The van der Waals surface area contributed by atoms with E-state index in [1.807, 2.05) is 35.3 Å². The number of rotatable bonds is 4. The zero-order valence-corrected chi connectivity index (χ0v) is 12.7. The number of nitrogens with one attached hydrogen (secondary N) is 1. The minimum Gasteiger partial charge on any atom is -0.504 e. The Hall–Kier alpha value is -2.97. The van der Waals surface area contributed by atoms with E-state index in [0.29, 0.717) is 12.3 Å². The highest BCUT2D eigenvalue weighted by Crippen LogP contribution is 2.32. The van der Waals surface area contributed by atoms with Crippen molar-refractivity contribution < 1.29 is 9.84 Å². The second-order valence-corrected chi connectivity index (χ2v) is 5.21. The number of methoxy groups -OCH3 is 1. The average molecular weight is 307 g/mol. The first kappa shape index (κ1) is 14.9. The second kappa shape index (κ2) is 6.42. The molecule has 0 amide bonds. The van der Waals surface area contributed by atoms with Gasteiger partial charge in [-0.3, -0.25) is 0 Å². The number of aromatic hydroxyl groups is 1. The van der Waals surface area contributed by atoms with Crippen LogP contribution < -0.4 is 10.2 Å². The molecule has 2 aromatic rings. The highest BCUT2D eigenvalue weighted by atomic mass is 16.5. The molecule has 0 spiro atoms. The lowest BCUT2D eigenvalue weighted by Gasteiger charge is -2.24.